The van der Waals surface area contributed by atoms with Crippen molar-refractivity contribution in [3.8, 4) is 0 Å². The topological polar surface area (TPSA) is 42.4 Å². The van der Waals surface area contributed by atoms with Crippen molar-refractivity contribution < 1.29 is 9.53 Å². The number of benzene rings is 1. The Kier molecular flexibility index (Phi) is 5.07. The van der Waals surface area contributed by atoms with Crippen LogP contribution in [0.2, 0.25) is 0 Å². The first-order chi connectivity index (χ1) is 9.74. The first kappa shape index (κ1) is 14.5. The molecule has 1 aromatic carbocycles. The quantitative estimate of drug-likeness (QED) is 0.758. The van der Waals surface area contributed by atoms with Crippen LogP contribution in [0.1, 0.15) is 18.9 Å². The van der Waals surface area contributed by atoms with Gasteiger partial charge in [-0.05, 0) is 18.2 Å². The van der Waals surface area contributed by atoms with Gasteiger partial charge in [0.15, 0.2) is 0 Å². The summed E-state index contributed by atoms with van der Waals surface area (Å²) in [6, 6.07) is 10.2. The van der Waals surface area contributed by atoms with E-state index in [9.17, 15) is 4.79 Å². The molecule has 106 valence electrons. The molecule has 0 bridgehead atoms. The fraction of sp³-hybridized carbons (Fsp3) is 0.375. The number of aromatic nitrogens is 1. The van der Waals surface area contributed by atoms with E-state index in [1.807, 2.05) is 18.3 Å². The summed E-state index contributed by atoms with van der Waals surface area (Å²) in [5.74, 6) is -0.167. The Hall–Kier alpha value is -1.94. The molecule has 0 N–H and O–H groups in total. The number of methoxy groups -OCH3 is 1. The lowest BCUT2D eigenvalue weighted by Gasteiger charge is -2.20. The third-order valence-corrected chi connectivity index (χ3v) is 3.42. The van der Waals surface area contributed by atoms with Gasteiger partial charge in [0.1, 0.15) is 0 Å². The van der Waals surface area contributed by atoms with Gasteiger partial charge in [0.2, 0.25) is 0 Å². The molecule has 0 spiro atoms. The van der Waals surface area contributed by atoms with Gasteiger partial charge >= 0.3 is 5.97 Å². The SMILES string of the molecule is CCN(CCC(=O)OC)Cc1cccc2cccnc12. The Morgan fingerprint density at radius 1 is 1.30 bits per heavy atom. The van der Waals surface area contributed by atoms with Gasteiger partial charge < -0.3 is 4.74 Å². The average Bonchev–Trinajstić information content (AvgIpc) is 2.51. The van der Waals surface area contributed by atoms with Crippen molar-refractivity contribution in [2.75, 3.05) is 20.2 Å². The minimum absolute atomic E-state index is 0.167. The average molecular weight is 272 g/mol. The molecule has 0 saturated carbocycles. The molecule has 2 aromatic rings. The summed E-state index contributed by atoms with van der Waals surface area (Å²) in [5, 5.41) is 1.15. The van der Waals surface area contributed by atoms with E-state index < -0.39 is 0 Å². The van der Waals surface area contributed by atoms with Crippen molar-refractivity contribution >= 4 is 16.9 Å². The molecule has 1 aromatic heterocycles. The van der Waals surface area contributed by atoms with Gasteiger partial charge in [-0.3, -0.25) is 14.7 Å². The number of fused-ring (bicyclic) bond motifs is 1. The highest BCUT2D eigenvalue weighted by atomic mass is 16.5. The second kappa shape index (κ2) is 7.01. The molecule has 0 aliphatic heterocycles. The predicted molar refractivity (Wildman–Crippen MR) is 79.3 cm³/mol. The standard InChI is InChI=1S/C16H20N2O2/c1-3-18(11-9-15(19)20-2)12-14-7-4-6-13-8-5-10-17-16(13)14/h4-8,10H,3,9,11-12H2,1-2H3. The number of para-hydroxylation sites is 1. The number of nitrogens with zero attached hydrogens (tertiary/aromatic N) is 2. The minimum Gasteiger partial charge on any atom is -0.469 e. The van der Waals surface area contributed by atoms with Gasteiger partial charge in [0.05, 0.1) is 19.0 Å². The van der Waals surface area contributed by atoms with Crippen molar-refractivity contribution in [2.24, 2.45) is 0 Å². The molecule has 0 unspecified atom stereocenters. The minimum atomic E-state index is -0.167. The van der Waals surface area contributed by atoms with Crippen LogP contribution in [0.15, 0.2) is 36.5 Å². The monoisotopic (exact) mass is 272 g/mol. The second-order valence-corrected chi connectivity index (χ2v) is 4.69. The van der Waals surface area contributed by atoms with Crippen molar-refractivity contribution in [3.05, 3.63) is 42.1 Å². The Morgan fingerprint density at radius 3 is 2.85 bits per heavy atom. The highest BCUT2D eigenvalue weighted by molar-refractivity contribution is 5.81. The smallest absolute Gasteiger partial charge is 0.306 e. The number of pyridine rings is 1. The maximum Gasteiger partial charge on any atom is 0.306 e. The zero-order valence-corrected chi connectivity index (χ0v) is 12.0. The number of rotatable bonds is 6. The molecular formula is C16H20N2O2. The molecular weight excluding hydrogens is 252 g/mol. The van der Waals surface area contributed by atoms with Crippen LogP contribution in [-0.4, -0.2) is 36.1 Å². The Morgan fingerprint density at radius 2 is 2.10 bits per heavy atom. The summed E-state index contributed by atoms with van der Waals surface area (Å²) >= 11 is 0. The molecule has 0 aliphatic carbocycles. The molecule has 0 aliphatic rings. The van der Waals surface area contributed by atoms with E-state index in [0.717, 1.165) is 24.0 Å². The van der Waals surface area contributed by atoms with E-state index in [1.165, 1.54) is 12.7 Å². The Bertz CT molecular complexity index is 578. The maximum atomic E-state index is 11.2. The van der Waals surface area contributed by atoms with Crippen LogP contribution >= 0.6 is 0 Å². The van der Waals surface area contributed by atoms with Crippen LogP contribution in [0.5, 0.6) is 0 Å². The van der Waals surface area contributed by atoms with Crippen LogP contribution < -0.4 is 0 Å². The second-order valence-electron chi connectivity index (χ2n) is 4.69. The fourth-order valence-electron chi connectivity index (χ4n) is 2.24. The zero-order chi connectivity index (χ0) is 14.4. The third kappa shape index (κ3) is 3.54. The zero-order valence-electron chi connectivity index (χ0n) is 12.0. The van der Waals surface area contributed by atoms with Crippen LogP contribution in [0.4, 0.5) is 0 Å². The summed E-state index contributed by atoms with van der Waals surface area (Å²) in [5.41, 5.74) is 2.22. The van der Waals surface area contributed by atoms with Crippen molar-refractivity contribution in [1.82, 2.24) is 9.88 Å². The van der Waals surface area contributed by atoms with Gasteiger partial charge in [0.25, 0.3) is 0 Å². The van der Waals surface area contributed by atoms with Crippen LogP contribution in [-0.2, 0) is 16.1 Å². The molecule has 0 radical (unpaired) electrons. The number of carbonyl (C=O) groups excluding carboxylic acids is 1. The van der Waals surface area contributed by atoms with E-state index in [2.05, 4.69) is 39.7 Å². The van der Waals surface area contributed by atoms with Gasteiger partial charge in [0, 0.05) is 24.7 Å². The normalized spacial score (nSPS) is 10.9. The molecule has 4 heteroatoms. The summed E-state index contributed by atoms with van der Waals surface area (Å²) in [6.45, 7) is 4.48. The number of hydrogen-bond acceptors (Lipinski definition) is 4. The molecule has 1 heterocycles. The highest BCUT2D eigenvalue weighted by Gasteiger charge is 2.09. The van der Waals surface area contributed by atoms with E-state index >= 15 is 0 Å². The molecule has 4 nitrogen and oxygen atoms in total. The molecule has 0 fully saturated rings. The predicted octanol–water partition coefficient (Wildman–Crippen LogP) is 2.62. The lowest BCUT2D eigenvalue weighted by Crippen LogP contribution is -2.26. The number of esters is 1. The van der Waals surface area contributed by atoms with Crippen molar-refractivity contribution in [1.29, 1.82) is 0 Å². The Balaban J connectivity index is 2.11. The molecule has 0 saturated heterocycles. The van der Waals surface area contributed by atoms with Gasteiger partial charge in [-0.1, -0.05) is 31.2 Å². The number of ether oxygens (including phenoxy) is 1. The molecule has 20 heavy (non-hydrogen) atoms. The molecule has 2 rings (SSSR count). The lowest BCUT2D eigenvalue weighted by molar-refractivity contribution is -0.141. The van der Waals surface area contributed by atoms with Crippen LogP contribution in [0.3, 0.4) is 0 Å². The number of carbonyl (C=O) groups is 1. The van der Waals surface area contributed by atoms with Crippen LogP contribution in [0.25, 0.3) is 10.9 Å². The van der Waals surface area contributed by atoms with E-state index in [4.69, 9.17) is 0 Å². The largest absolute Gasteiger partial charge is 0.469 e. The molecule has 0 atom stereocenters. The van der Waals surface area contributed by atoms with Crippen molar-refractivity contribution in [3.63, 3.8) is 0 Å². The van der Waals surface area contributed by atoms with E-state index in [0.29, 0.717) is 13.0 Å². The highest BCUT2D eigenvalue weighted by Crippen LogP contribution is 2.17. The van der Waals surface area contributed by atoms with Gasteiger partial charge in [-0.25, -0.2) is 0 Å². The maximum absolute atomic E-state index is 11.2. The van der Waals surface area contributed by atoms with E-state index in [1.54, 1.807) is 0 Å². The first-order valence-corrected chi connectivity index (χ1v) is 6.86. The first-order valence-electron chi connectivity index (χ1n) is 6.86. The third-order valence-electron chi connectivity index (χ3n) is 3.42. The lowest BCUT2D eigenvalue weighted by atomic mass is 10.1. The van der Waals surface area contributed by atoms with Crippen LogP contribution in [0, 0.1) is 0 Å². The van der Waals surface area contributed by atoms with Gasteiger partial charge in [-0.2, -0.15) is 0 Å². The summed E-state index contributed by atoms with van der Waals surface area (Å²) < 4.78 is 4.69. The summed E-state index contributed by atoms with van der Waals surface area (Å²) in [6.07, 6.45) is 2.24. The Labute approximate surface area is 119 Å². The van der Waals surface area contributed by atoms with Gasteiger partial charge in [-0.15, -0.1) is 0 Å². The summed E-state index contributed by atoms with van der Waals surface area (Å²) in [7, 11) is 1.42. The summed E-state index contributed by atoms with van der Waals surface area (Å²) in [4.78, 5) is 17.9. The fourth-order valence-corrected chi connectivity index (χ4v) is 2.24. The van der Waals surface area contributed by atoms with E-state index in [-0.39, 0.29) is 5.97 Å². The number of hydrogen-bond donors (Lipinski definition) is 0. The molecule has 0 amide bonds. The van der Waals surface area contributed by atoms with Crippen molar-refractivity contribution in [2.45, 2.75) is 19.9 Å².